The summed E-state index contributed by atoms with van der Waals surface area (Å²) < 4.78 is 1.86. The number of nitrogens with zero attached hydrogens (tertiary/aromatic N) is 6. The van der Waals surface area contributed by atoms with Gasteiger partial charge < -0.3 is 10.2 Å². The molecule has 1 aliphatic rings. The minimum Gasteiger partial charge on any atom is -0.331 e. The number of aryl methyl sites for hydroxylation is 1. The number of hydrogen-bond donors (Lipinski definition) is 2. The van der Waals surface area contributed by atoms with Crippen LogP contribution in [0.15, 0.2) is 48.8 Å². The molecule has 8 heteroatoms. The van der Waals surface area contributed by atoms with Crippen LogP contribution >= 0.6 is 0 Å². The summed E-state index contributed by atoms with van der Waals surface area (Å²) in [5.74, 6) is 2.17. The molecule has 1 atom stereocenters. The van der Waals surface area contributed by atoms with E-state index in [1.807, 2.05) is 54.2 Å². The van der Waals surface area contributed by atoms with E-state index in [0.29, 0.717) is 5.95 Å². The summed E-state index contributed by atoms with van der Waals surface area (Å²) in [5, 5.41) is 15.3. The predicted octanol–water partition coefficient (Wildman–Crippen LogP) is 3.24. The lowest BCUT2D eigenvalue weighted by molar-refractivity contribution is 0.670. The van der Waals surface area contributed by atoms with E-state index in [1.54, 1.807) is 0 Å². The predicted molar refractivity (Wildman–Crippen MR) is 103 cm³/mol. The molecular weight excluding hydrogens is 340 g/mol. The Morgan fingerprint density at radius 1 is 1.22 bits per heavy atom. The van der Waals surface area contributed by atoms with Gasteiger partial charge in [0.15, 0.2) is 11.6 Å². The van der Waals surface area contributed by atoms with Gasteiger partial charge in [-0.2, -0.15) is 10.1 Å². The van der Waals surface area contributed by atoms with Crippen LogP contribution in [-0.4, -0.2) is 36.3 Å². The molecule has 1 fully saturated rings. The van der Waals surface area contributed by atoms with Crippen molar-refractivity contribution in [3.8, 4) is 0 Å². The maximum atomic E-state index is 4.84. The Morgan fingerprint density at radius 2 is 2.19 bits per heavy atom. The monoisotopic (exact) mass is 360 g/mol. The molecule has 0 saturated carbocycles. The summed E-state index contributed by atoms with van der Waals surface area (Å²) in [6.07, 6.45) is 5.92. The summed E-state index contributed by atoms with van der Waals surface area (Å²) >= 11 is 0. The fraction of sp³-hybridized carbons (Fsp3) is 0.263. The number of pyridine rings is 1. The summed E-state index contributed by atoms with van der Waals surface area (Å²) in [6, 6.07) is 12.2. The van der Waals surface area contributed by atoms with Gasteiger partial charge in [0.25, 0.3) is 0 Å². The molecule has 2 N–H and O–H groups in total. The zero-order valence-corrected chi connectivity index (χ0v) is 15.0. The van der Waals surface area contributed by atoms with Gasteiger partial charge in [-0.25, -0.2) is 4.52 Å². The van der Waals surface area contributed by atoms with E-state index >= 15 is 0 Å². The average molecular weight is 360 g/mol. The van der Waals surface area contributed by atoms with Crippen molar-refractivity contribution < 1.29 is 0 Å². The SMILES string of the molecule is Cc1cc(Nc2nc(N3CCCC3c3ccccn3)nn3cccc23)n[nH]1. The van der Waals surface area contributed by atoms with Gasteiger partial charge in [-0.05, 0) is 44.0 Å². The zero-order valence-electron chi connectivity index (χ0n) is 15.0. The number of anilines is 3. The van der Waals surface area contributed by atoms with Crippen LogP contribution in [-0.2, 0) is 0 Å². The molecule has 4 aromatic rings. The molecule has 0 bridgehead atoms. The Morgan fingerprint density at radius 3 is 3.00 bits per heavy atom. The van der Waals surface area contributed by atoms with Crippen molar-refractivity contribution >= 4 is 23.1 Å². The van der Waals surface area contributed by atoms with Crippen molar-refractivity contribution in [1.82, 2.24) is 29.8 Å². The Hall–Kier alpha value is -3.42. The maximum absolute atomic E-state index is 4.84. The average Bonchev–Trinajstić information content (AvgIpc) is 3.42. The molecule has 1 aliphatic heterocycles. The number of fused-ring (bicyclic) bond motifs is 1. The second-order valence-corrected chi connectivity index (χ2v) is 6.77. The Balaban J connectivity index is 1.55. The van der Waals surface area contributed by atoms with Gasteiger partial charge in [-0.3, -0.25) is 10.1 Å². The molecule has 0 aromatic carbocycles. The largest absolute Gasteiger partial charge is 0.331 e. The summed E-state index contributed by atoms with van der Waals surface area (Å²) in [4.78, 5) is 11.6. The molecule has 136 valence electrons. The van der Waals surface area contributed by atoms with E-state index in [0.717, 1.165) is 47.9 Å². The van der Waals surface area contributed by atoms with Gasteiger partial charge >= 0.3 is 0 Å². The van der Waals surface area contributed by atoms with Crippen molar-refractivity contribution in [2.75, 3.05) is 16.8 Å². The minimum absolute atomic E-state index is 0.194. The van der Waals surface area contributed by atoms with Crippen LogP contribution < -0.4 is 10.2 Å². The van der Waals surface area contributed by atoms with Gasteiger partial charge in [0.05, 0.1) is 11.7 Å². The number of H-pyrrole nitrogens is 1. The fourth-order valence-electron chi connectivity index (χ4n) is 3.63. The molecule has 27 heavy (non-hydrogen) atoms. The first-order valence-corrected chi connectivity index (χ1v) is 9.10. The molecule has 4 aromatic heterocycles. The molecule has 0 amide bonds. The number of aromatic nitrogens is 6. The lowest BCUT2D eigenvalue weighted by atomic mass is 10.1. The van der Waals surface area contributed by atoms with Crippen LogP contribution in [0.4, 0.5) is 17.6 Å². The van der Waals surface area contributed by atoms with Gasteiger partial charge in [0.2, 0.25) is 5.95 Å². The Bertz CT molecular complexity index is 1070. The normalized spacial score (nSPS) is 16.9. The molecule has 1 unspecified atom stereocenters. The molecule has 1 saturated heterocycles. The number of aromatic amines is 1. The topological polar surface area (TPSA) is 87.0 Å². The molecule has 5 rings (SSSR count). The van der Waals surface area contributed by atoms with Gasteiger partial charge in [-0.1, -0.05) is 6.07 Å². The van der Waals surface area contributed by atoms with Crippen molar-refractivity contribution in [1.29, 1.82) is 0 Å². The maximum Gasteiger partial charge on any atom is 0.246 e. The van der Waals surface area contributed by atoms with E-state index in [-0.39, 0.29) is 6.04 Å². The number of hydrogen-bond acceptors (Lipinski definition) is 6. The number of nitrogens with one attached hydrogen (secondary N) is 2. The van der Waals surface area contributed by atoms with Crippen LogP contribution in [0.25, 0.3) is 5.52 Å². The lowest BCUT2D eigenvalue weighted by Gasteiger charge is -2.24. The summed E-state index contributed by atoms with van der Waals surface area (Å²) in [7, 11) is 0. The second-order valence-electron chi connectivity index (χ2n) is 6.77. The first kappa shape index (κ1) is 15.8. The standard InChI is InChI=1S/C19H20N8/c1-13-12-17(24-23-13)21-18-16-8-5-11-27(16)25-19(22-18)26-10-4-7-15(26)14-6-2-3-9-20-14/h2-3,5-6,8-9,11-12,15H,4,7,10H2,1H3,(H2,21,22,23,24,25). The van der Waals surface area contributed by atoms with Crippen LogP contribution in [0.3, 0.4) is 0 Å². The quantitative estimate of drug-likeness (QED) is 0.581. The molecule has 0 aliphatic carbocycles. The van der Waals surface area contributed by atoms with Crippen LogP contribution in [0.2, 0.25) is 0 Å². The van der Waals surface area contributed by atoms with E-state index < -0.39 is 0 Å². The van der Waals surface area contributed by atoms with Gasteiger partial charge in [0.1, 0.15) is 5.52 Å². The van der Waals surface area contributed by atoms with E-state index in [9.17, 15) is 0 Å². The Kier molecular flexibility index (Phi) is 3.74. The third-order valence-electron chi connectivity index (χ3n) is 4.87. The van der Waals surface area contributed by atoms with Crippen molar-refractivity contribution in [3.05, 3.63) is 60.2 Å². The summed E-state index contributed by atoms with van der Waals surface area (Å²) in [6.45, 7) is 2.88. The third-order valence-corrected chi connectivity index (χ3v) is 4.87. The van der Waals surface area contributed by atoms with Crippen LogP contribution in [0.1, 0.15) is 30.3 Å². The van der Waals surface area contributed by atoms with Gasteiger partial charge in [-0.15, -0.1) is 5.10 Å². The number of rotatable bonds is 4. The van der Waals surface area contributed by atoms with Crippen LogP contribution in [0.5, 0.6) is 0 Å². The lowest BCUT2D eigenvalue weighted by Crippen LogP contribution is -2.26. The first-order chi connectivity index (χ1) is 13.3. The van der Waals surface area contributed by atoms with E-state index in [4.69, 9.17) is 10.1 Å². The highest BCUT2D eigenvalue weighted by Gasteiger charge is 2.29. The zero-order chi connectivity index (χ0) is 18.2. The van der Waals surface area contributed by atoms with Crippen LogP contribution in [0, 0.1) is 6.92 Å². The smallest absolute Gasteiger partial charge is 0.246 e. The third kappa shape index (κ3) is 2.88. The van der Waals surface area contributed by atoms with Crippen molar-refractivity contribution in [2.24, 2.45) is 0 Å². The van der Waals surface area contributed by atoms with Crippen molar-refractivity contribution in [2.45, 2.75) is 25.8 Å². The molecule has 5 heterocycles. The van der Waals surface area contributed by atoms with E-state index in [1.165, 1.54) is 0 Å². The molecular formula is C19H20N8. The molecule has 0 radical (unpaired) electrons. The first-order valence-electron chi connectivity index (χ1n) is 9.10. The highest BCUT2D eigenvalue weighted by atomic mass is 15.4. The summed E-state index contributed by atoms with van der Waals surface area (Å²) in [5.41, 5.74) is 2.96. The van der Waals surface area contributed by atoms with Crippen molar-refractivity contribution in [3.63, 3.8) is 0 Å². The van der Waals surface area contributed by atoms with Gasteiger partial charge in [0, 0.05) is 30.7 Å². The fourth-order valence-corrected chi connectivity index (χ4v) is 3.63. The highest BCUT2D eigenvalue weighted by Crippen LogP contribution is 2.34. The molecule has 8 nitrogen and oxygen atoms in total. The highest BCUT2D eigenvalue weighted by molar-refractivity contribution is 5.73. The Labute approximate surface area is 156 Å². The van der Waals surface area contributed by atoms with E-state index in [2.05, 4.69) is 31.5 Å². The molecule has 0 spiro atoms. The minimum atomic E-state index is 0.194. The second kappa shape index (κ2) is 6.39.